The van der Waals surface area contributed by atoms with Crippen LogP contribution in [-0.2, 0) is 0 Å². The lowest BCUT2D eigenvalue weighted by Gasteiger charge is -2.11. The summed E-state index contributed by atoms with van der Waals surface area (Å²) in [5.74, 6) is 2.15. The van der Waals surface area contributed by atoms with Crippen molar-refractivity contribution in [3.05, 3.63) is 34.9 Å². The second-order valence-corrected chi connectivity index (χ2v) is 4.99. The summed E-state index contributed by atoms with van der Waals surface area (Å²) in [6, 6.07) is 7.79. The number of rotatable bonds is 0. The number of halogens is 1. The van der Waals surface area contributed by atoms with Crippen LogP contribution in [0, 0.1) is 0 Å². The highest BCUT2D eigenvalue weighted by Crippen LogP contribution is 2.28. The van der Waals surface area contributed by atoms with Crippen LogP contribution in [0.15, 0.2) is 34.9 Å². The van der Waals surface area contributed by atoms with Crippen LogP contribution in [0.3, 0.4) is 0 Å². The molecule has 1 aromatic carbocycles. The number of benzene rings is 1. The summed E-state index contributed by atoms with van der Waals surface area (Å²) in [6.45, 7) is 1.46. The van der Waals surface area contributed by atoms with Crippen LogP contribution in [-0.4, -0.2) is 23.1 Å². The Kier molecular flexibility index (Phi) is 3.50. The van der Waals surface area contributed by atoms with E-state index in [2.05, 4.69) is 36.5 Å². The summed E-state index contributed by atoms with van der Waals surface area (Å²) in [5, 5.41) is 6.44. The predicted molar refractivity (Wildman–Crippen MR) is 78.1 cm³/mol. The summed E-state index contributed by atoms with van der Waals surface area (Å²) < 4.78 is 6.61. The number of aromatic nitrogens is 2. The monoisotopic (exact) mass is 320 g/mol. The molecule has 0 fully saturated rings. The van der Waals surface area contributed by atoms with Crippen molar-refractivity contribution in [1.82, 2.24) is 9.97 Å². The Hall–Kier alpha value is -1.82. The summed E-state index contributed by atoms with van der Waals surface area (Å²) in [7, 11) is 0. The molecular formula is C13H13BrN4O. The van der Waals surface area contributed by atoms with Gasteiger partial charge in [-0.05, 0) is 34.5 Å². The van der Waals surface area contributed by atoms with Crippen LogP contribution in [0.25, 0.3) is 0 Å². The van der Waals surface area contributed by atoms with E-state index in [9.17, 15) is 0 Å². The van der Waals surface area contributed by atoms with Crippen LogP contribution in [0.5, 0.6) is 5.75 Å². The molecule has 2 bridgehead atoms. The minimum Gasteiger partial charge on any atom is -0.491 e. The van der Waals surface area contributed by atoms with Crippen molar-refractivity contribution < 1.29 is 4.74 Å². The second-order valence-electron chi connectivity index (χ2n) is 4.14. The molecule has 5 nitrogen and oxygen atoms in total. The molecule has 1 aromatic heterocycles. The van der Waals surface area contributed by atoms with Crippen LogP contribution < -0.4 is 15.4 Å². The molecule has 0 atom stereocenters. The van der Waals surface area contributed by atoms with Gasteiger partial charge in [0.1, 0.15) is 11.6 Å². The molecule has 0 unspecified atom stereocenters. The third kappa shape index (κ3) is 2.78. The summed E-state index contributed by atoms with van der Waals surface area (Å²) in [5.41, 5.74) is 0.873. The molecule has 1 aliphatic rings. The Balaban J connectivity index is 1.99. The lowest BCUT2D eigenvalue weighted by Crippen LogP contribution is -2.08. The fraction of sp³-hybridized carbons (Fsp3) is 0.231. The Bertz CT molecular complexity index is 591. The fourth-order valence-electron chi connectivity index (χ4n) is 1.83. The molecule has 2 N–H and O–H groups in total. The fourth-order valence-corrected chi connectivity index (χ4v) is 2.16. The van der Waals surface area contributed by atoms with Gasteiger partial charge in [-0.1, -0.05) is 12.1 Å². The summed E-state index contributed by atoms with van der Waals surface area (Å²) >= 11 is 3.43. The van der Waals surface area contributed by atoms with Gasteiger partial charge in [0.2, 0.25) is 5.95 Å². The zero-order valence-electron chi connectivity index (χ0n) is 10.2. The maximum atomic E-state index is 5.76. The molecular weight excluding hydrogens is 308 g/mol. The van der Waals surface area contributed by atoms with E-state index in [1.807, 2.05) is 24.3 Å². The number of fused-ring (bicyclic) bond motifs is 3. The van der Waals surface area contributed by atoms with E-state index in [4.69, 9.17) is 4.74 Å². The van der Waals surface area contributed by atoms with Gasteiger partial charge in [-0.25, -0.2) is 4.98 Å². The van der Waals surface area contributed by atoms with Gasteiger partial charge in [-0.15, -0.1) is 0 Å². The Labute approximate surface area is 119 Å². The predicted octanol–water partition coefficient (Wildman–Crippen LogP) is 3.18. The molecule has 3 rings (SSSR count). The van der Waals surface area contributed by atoms with E-state index in [1.165, 1.54) is 0 Å². The third-order valence-corrected chi connectivity index (χ3v) is 3.33. The van der Waals surface area contributed by atoms with Gasteiger partial charge in [-0.2, -0.15) is 4.98 Å². The van der Waals surface area contributed by atoms with Gasteiger partial charge in [-0.3, -0.25) is 0 Å². The molecule has 0 amide bonds. The number of para-hydroxylation sites is 2. The standard InChI is InChI=1S/C13H13BrN4O/c14-9-8-16-13-17-10-4-1-2-5-11(10)19-7-3-6-15-12(9)18-13/h1-2,4-5,8H,3,6-7H2,(H2,15,16,17,18). The van der Waals surface area contributed by atoms with E-state index in [0.29, 0.717) is 12.6 Å². The highest BCUT2D eigenvalue weighted by Gasteiger charge is 2.09. The Morgan fingerprint density at radius 2 is 2.16 bits per heavy atom. The molecule has 2 heterocycles. The molecule has 2 aromatic rings. The zero-order valence-corrected chi connectivity index (χ0v) is 11.8. The Morgan fingerprint density at radius 3 is 3.11 bits per heavy atom. The number of nitrogens with one attached hydrogen (secondary N) is 2. The SMILES string of the molecule is Brc1cnc2nc1NCCCOc1ccccc1N2. The quantitative estimate of drug-likeness (QED) is 0.780. The van der Waals surface area contributed by atoms with E-state index in [-0.39, 0.29) is 0 Å². The average Bonchev–Trinajstić information content (AvgIpc) is 2.46. The lowest BCUT2D eigenvalue weighted by atomic mass is 10.3. The van der Waals surface area contributed by atoms with Crippen LogP contribution >= 0.6 is 15.9 Å². The van der Waals surface area contributed by atoms with E-state index in [0.717, 1.165) is 34.7 Å². The largest absolute Gasteiger partial charge is 0.491 e. The van der Waals surface area contributed by atoms with Gasteiger partial charge in [0, 0.05) is 12.7 Å². The van der Waals surface area contributed by atoms with Gasteiger partial charge < -0.3 is 15.4 Å². The van der Waals surface area contributed by atoms with E-state index in [1.54, 1.807) is 6.20 Å². The summed E-state index contributed by atoms with van der Waals surface area (Å²) in [4.78, 5) is 8.69. The van der Waals surface area contributed by atoms with Gasteiger partial charge >= 0.3 is 0 Å². The maximum absolute atomic E-state index is 5.76. The number of anilines is 3. The summed E-state index contributed by atoms with van der Waals surface area (Å²) in [6.07, 6.45) is 2.64. The van der Waals surface area contributed by atoms with Crippen LogP contribution in [0.1, 0.15) is 6.42 Å². The van der Waals surface area contributed by atoms with Crippen molar-refractivity contribution in [3.63, 3.8) is 0 Å². The van der Waals surface area contributed by atoms with Crippen LogP contribution in [0.2, 0.25) is 0 Å². The smallest absolute Gasteiger partial charge is 0.229 e. The molecule has 0 saturated heterocycles. The minimum absolute atomic E-state index is 0.545. The number of ether oxygens (including phenoxy) is 1. The molecule has 0 radical (unpaired) electrons. The second kappa shape index (κ2) is 5.44. The molecule has 0 aliphatic carbocycles. The van der Waals surface area contributed by atoms with Gasteiger partial charge in [0.15, 0.2) is 0 Å². The molecule has 98 valence electrons. The van der Waals surface area contributed by atoms with Crippen LogP contribution in [0.4, 0.5) is 17.5 Å². The molecule has 1 aliphatic heterocycles. The van der Waals surface area contributed by atoms with Crippen molar-refractivity contribution in [2.24, 2.45) is 0 Å². The molecule has 0 saturated carbocycles. The maximum Gasteiger partial charge on any atom is 0.229 e. The van der Waals surface area contributed by atoms with Gasteiger partial charge in [0.25, 0.3) is 0 Å². The number of hydrogen-bond donors (Lipinski definition) is 2. The Morgan fingerprint density at radius 1 is 1.26 bits per heavy atom. The molecule has 6 heteroatoms. The van der Waals surface area contributed by atoms with Crippen molar-refractivity contribution in [2.75, 3.05) is 23.8 Å². The van der Waals surface area contributed by atoms with E-state index < -0.39 is 0 Å². The van der Waals surface area contributed by atoms with E-state index >= 15 is 0 Å². The highest BCUT2D eigenvalue weighted by molar-refractivity contribution is 9.10. The first-order valence-electron chi connectivity index (χ1n) is 6.08. The van der Waals surface area contributed by atoms with Crippen molar-refractivity contribution in [2.45, 2.75) is 6.42 Å². The van der Waals surface area contributed by atoms with Crippen molar-refractivity contribution >= 4 is 33.4 Å². The minimum atomic E-state index is 0.545. The first-order valence-corrected chi connectivity index (χ1v) is 6.87. The number of hydrogen-bond acceptors (Lipinski definition) is 5. The van der Waals surface area contributed by atoms with Crippen molar-refractivity contribution in [3.8, 4) is 5.75 Å². The highest BCUT2D eigenvalue weighted by atomic mass is 79.9. The first kappa shape index (κ1) is 12.2. The lowest BCUT2D eigenvalue weighted by molar-refractivity contribution is 0.316. The van der Waals surface area contributed by atoms with Gasteiger partial charge in [0.05, 0.1) is 16.8 Å². The molecule has 19 heavy (non-hydrogen) atoms. The normalized spacial score (nSPS) is 14.2. The first-order chi connectivity index (χ1) is 9.33. The topological polar surface area (TPSA) is 59.1 Å². The average molecular weight is 321 g/mol. The number of nitrogens with zero attached hydrogens (tertiary/aromatic N) is 2. The third-order valence-electron chi connectivity index (χ3n) is 2.75. The zero-order chi connectivity index (χ0) is 13.1. The molecule has 0 spiro atoms. The van der Waals surface area contributed by atoms with Crippen molar-refractivity contribution in [1.29, 1.82) is 0 Å².